The first-order valence-corrected chi connectivity index (χ1v) is 11.3. The number of rotatable bonds is 4. The average molecular weight is 458 g/mol. The molecule has 1 N–H and O–H groups in total. The second-order valence-corrected chi connectivity index (χ2v) is 11.1. The molecule has 32 heavy (non-hydrogen) atoms. The number of hydrogen-bond acceptors (Lipinski definition) is 5. The zero-order valence-corrected chi connectivity index (χ0v) is 19.6. The second kappa shape index (κ2) is 7.84. The smallest absolute Gasteiger partial charge is 0.341 e. The molecular weight excluding hydrogens is 430 g/mol. The van der Waals surface area contributed by atoms with Gasteiger partial charge in [0, 0.05) is 46.3 Å². The van der Waals surface area contributed by atoms with Crippen LogP contribution in [0.25, 0.3) is 0 Å². The van der Waals surface area contributed by atoms with Gasteiger partial charge in [-0.3, -0.25) is 14.6 Å². The fraction of sp³-hybridized carbons (Fsp3) is 0.520. The lowest BCUT2D eigenvalue weighted by atomic mass is 9.60. The fourth-order valence-corrected chi connectivity index (χ4v) is 5.56. The van der Waals surface area contributed by atoms with Crippen LogP contribution in [0.2, 0.25) is 5.02 Å². The first kappa shape index (κ1) is 22.7. The van der Waals surface area contributed by atoms with Gasteiger partial charge >= 0.3 is 5.97 Å². The standard InChI is InChI=1S/C25H28ClNO5/c1-24(2)8-15-22(17(28)10-24)21(23-16(27-15)9-25(3,4)11-18(23)29)14-7-13(26)5-6-19(14)32-12-20(30)31/h5-7,21-22H,8-12H2,1-4H3,(H,30,31). The number of fused-ring (bicyclic) bond motifs is 1. The number of ether oxygens (including phenoxy) is 1. The van der Waals surface area contributed by atoms with Crippen molar-refractivity contribution >= 4 is 34.8 Å². The lowest BCUT2D eigenvalue weighted by molar-refractivity contribution is -0.139. The van der Waals surface area contributed by atoms with Crippen molar-refractivity contribution in [1.82, 2.24) is 0 Å². The van der Waals surface area contributed by atoms with Crippen molar-refractivity contribution in [3.63, 3.8) is 0 Å². The summed E-state index contributed by atoms with van der Waals surface area (Å²) in [7, 11) is 0. The number of aliphatic imine (C=N–C) groups is 1. The normalized spacial score (nSPS) is 26.2. The van der Waals surface area contributed by atoms with Gasteiger partial charge in [0.05, 0.1) is 5.92 Å². The van der Waals surface area contributed by atoms with E-state index in [9.17, 15) is 14.4 Å². The highest BCUT2D eigenvalue weighted by atomic mass is 35.5. The predicted molar refractivity (Wildman–Crippen MR) is 121 cm³/mol. The van der Waals surface area contributed by atoms with Gasteiger partial charge in [0.25, 0.3) is 0 Å². The van der Waals surface area contributed by atoms with Crippen LogP contribution in [-0.2, 0) is 14.4 Å². The number of Topliss-reactive ketones (excluding diaryl/α,β-unsaturated/α-hetero) is 2. The molecule has 0 amide bonds. The van der Waals surface area contributed by atoms with E-state index in [1.54, 1.807) is 18.2 Å². The maximum Gasteiger partial charge on any atom is 0.341 e. The van der Waals surface area contributed by atoms with Gasteiger partial charge in [-0.2, -0.15) is 0 Å². The second-order valence-electron chi connectivity index (χ2n) is 10.7. The van der Waals surface area contributed by atoms with Crippen molar-refractivity contribution in [2.75, 3.05) is 6.61 Å². The fourth-order valence-electron chi connectivity index (χ4n) is 5.38. The van der Waals surface area contributed by atoms with Crippen LogP contribution in [0.4, 0.5) is 0 Å². The quantitative estimate of drug-likeness (QED) is 0.687. The SMILES string of the molecule is CC1(C)CC(=O)C2C(=NC3=C(C(=O)CC(C)(C)C3)C2c2cc(Cl)ccc2OCC(=O)O)C1. The summed E-state index contributed by atoms with van der Waals surface area (Å²) in [6, 6.07) is 4.92. The number of carbonyl (C=O) groups is 3. The Morgan fingerprint density at radius 2 is 1.78 bits per heavy atom. The van der Waals surface area contributed by atoms with E-state index < -0.39 is 24.4 Å². The first-order valence-electron chi connectivity index (χ1n) is 10.9. The molecular formula is C25H28ClNO5. The Bertz CT molecular complexity index is 1080. The van der Waals surface area contributed by atoms with Crippen LogP contribution in [0, 0.1) is 16.7 Å². The zero-order chi connectivity index (χ0) is 23.4. The van der Waals surface area contributed by atoms with Crippen LogP contribution in [0.1, 0.15) is 64.9 Å². The number of carboxylic acids is 1. The van der Waals surface area contributed by atoms with Crippen LogP contribution in [-0.4, -0.2) is 35.0 Å². The topological polar surface area (TPSA) is 93.0 Å². The molecule has 1 saturated carbocycles. The summed E-state index contributed by atoms with van der Waals surface area (Å²) in [4.78, 5) is 42.9. The molecule has 4 rings (SSSR count). The molecule has 1 aliphatic heterocycles. The molecule has 3 aliphatic rings. The number of carboxylic acid groups (broad SMARTS) is 1. The lowest BCUT2D eigenvalue weighted by Crippen LogP contribution is -2.45. The van der Waals surface area contributed by atoms with Crippen molar-refractivity contribution in [2.45, 2.75) is 59.3 Å². The minimum Gasteiger partial charge on any atom is -0.482 e. The van der Waals surface area contributed by atoms with Crippen molar-refractivity contribution in [2.24, 2.45) is 21.7 Å². The summed E-state index contributed by atoms with van der Waals surface area (Å²) in [5.74, 6) is -1.91. The Labute approximate surface area is 192 Å². The Morgan fingerprint density at radius 3 is 2.47 bits per heavy atom. The van der Waals surface area contributed by atoms with Gasteiger partial charge in [-0.05, 0) is 41.9 Å². The third kappa shape index (κ3) is 4.25. The number of nitrogens with zero attached hydrogens (tertiary/aromatic N) is 1. The Morgan fingerprint density at radius 1 is 1.09 bits per heavy atom. The number of halogens is 1. The summed E-state index contributed by atoms with van der Waals surface area (Å²) in [5, 5.41) is 9.55. The van der Waals surface area contributed by atoms with E-state index in [-0.39, 0.29) is 22.4 Å². The highest BCUT2D eigenvalue weighted by Crippen LogP contribution is 2.53. The van der Waals surface area contributed by atoms with E-state index >= 15 is 0 Å². The lowest BCUT2D eigenvalue weighted by Gasteiger charge is -2.44. The molecule has 1 heterocycles. The summed E-state index contributed by atoms with van der Waals surface area (Å²) >= 11 is 6.32. The largest absolute Gasteiger partial charge is 0.482 e. The van der Waals surface area contributed by atoms with Gasteiger partial charge < -0.3 is 9.84 Å². The maximum atomic E-state index is 13.4. The van der Waals surface area contributed by atoms with E-state index in [4.69, 9.17) is 26.4 Å². The summed E-state index contributed by atoms with van der Waals surface area (Å²) in [6.45, 7) is 7.68. The summed E-state index contributed by atoms with van der Waals surface area (Å²) in [5.41, 5.74) is 2.23. The zero-order valence-electron chi connectivity index (χ0n) is 18.8. The highest BCUT2D eigenvalue weighted by molar-refractivity contribution is 6.30. The first-order chi connectivity index (χ1) is 14.9. The molecule has 0 saturated heterocycles. The number of ketones is 2. The van der Waals surface area contributed by atoms with Crippen molar-refractivity contribution in [3.8, 4) is 5.75 Å². The summed E-state index contributed by atoms with van der Waals surface area (Å²) < 4.78 is 5.58. The predicted octanol–water partition coefficient (Wildman–Crippen LogP) is 4.99. The number of carbonyl (C=O) groups excluding carboxylic acids is 2. The third-order valence-electron chi connectivity index (χ3n) is 6.50. The van der Waals surface area contributed by atoms with Gasteiger partial charge in [0.1, 0.15) is 11.5 Å². The molecule has 0 bridgehead atoms. The van der Waals surface area contributed by atoms with Crippen LogP contribution in [0.15, 0.2) is 34.5 Å². The van der Waals surface area contributed by atoms with E-state index in [1.165, 1.54) is 0 Å². The number of allylic oxidation sites excluding steroid dienone is 2. The Kier molecular flexibility index (Phi) is 5.56. The third-order valence-corrected chi connectivity index (χ3v) is 6.73. The van der Waals surface area contributed by atoms with E-state index in [0.29, 0.717) is 47.6 Å². The molecule has 2 unspecified atom stereocenters. The van der Waals surface area contributed by atoms with Crippen molar-refractivity contribution < 1.29 is 24.2 Å². The van der Waals surface area contributed by atoms with E-state index in [1.807, 2.05) is 13.8 Å². The Balaban J connectivity index is 1.92. The van der Waals surface area contributed by atoms with Crippen molar-refractivity contribution in [1.29, 1.82) is 0 Å². The average Bonchev–Trinajstić information content (AvgIpc) is 2.63. The monoisotopic (exact) mass is 457 g/mol. The molecule has 6 nitrogen and oxygen atoms in total. The summed E-state index contributed by atoms with van der Waals surface area (Å²) in [6.07, 6.45) is 2.06. The molecule has 1 aromatic rings. The molecule has 0 spiro atoms. The van der Waals surface area contributed by atoms with E-state index in [2.05, 4.69) is 13.8 Å². The molecule has 7 heteroatoms. The van der Waals surface area contributed by atoms with Crippen LogP contribution in [0.3, 0.4) is 0 Å². The van der Waals surface area contributed by atoms with E-state index in [0.717, 1.165) is 11.4 Å². The molecule has 0 radical (unpaired) electrons. The van der Waals surface area contributed by atoms with Gasteiger partial charge in [0.2, 0.25) is 0 Å². The Hall–Kier alpha value is -2.47. The van der Waals surface area contributed by atoms with Gasteiger partial charge in [-0.15, -0.1) is 0 Å². The maximum absolute atomic E-state index is 13.4. The van der Waals surface area contributed by atoms with Crippen LogP contribution in [0.5, 0.6) is 5.75 Å². The molecule has 170 valence electrons. The van der Waals surface area contributed by atoms with Gasteiger partial charge in [-0.25, -0.2) is 4.79 Å². The molecule has 1 aromatic carbocycles. The van der Waals surface area contributed by atoms with Gasteiger partial charge in [-0.1, -0.05) is 39.3 Å². The van der Waals surface area contributed by atoms with Crippen molar-refractivity contribution in [3.05, 3.63) is 40.1 Å². The van der Waals surface area contributed by atoms with Gasteiger partial charge in [0.15, 0.2) is 12.4 Å². The molecule has 2 aliphatic carbocycles. The number of benzene rings is 1. The number of hydrogen-bond donors (Lipinski definition) is 1. The number of aliphatic carboxylic acids is 1. The van der Waals surface area contributed by atoms with Crippen LogP contribution >= 0.6 is 11.6 Å². The molecule has 2 atom stereocenters. The molecule has 1 fully saturated rings. The highest BCUT2D eigenvalue weighted by Gasteiger charge is 2.50. The minimum absolute atomic E-state index is 0.0224. The van der Waals surface area contributed by atoms with Crippen LogP contribution < -0.4 is 4.74 Å². The molecule has 0 aromatic heterocycles. The minimum atomic E-state index is -1.11.